The molecule has 0 fully saturated rings. The number of rotatable bonds is 2. The first-order chi connectivity index (χ1) is 9.54. The van der Waals surface area contributed by atoms with Gasteiger partial charge < -0.3 is 9.97 Å². The van der Waals surface area contributed by atoms with Crippen LogP contribution in [0.2, 0.25) is 0 Å². The Balaban J connectivity index is 2.06. The fraction of sp³-hybridized carbons (Fsp3) is 0.0714. The number of nitrogens with one attached hydrogen (secondary N) is 2. The third-order valence-electron chi connectivity index (χ3n) is 3.07. The summed E-state index contributed by atoms with van der Waals surface area (Å²) < 4.78 is 14.0. The molecular weight excluding hydrogens is 438 g/mol. The number of benzene rings is 2. The number of hydrogen-bond donors (Lipinski definition) is 2. The molecule has 0 aliphatic heterocycles. The van der Waals surface area contributed by atoms with E-state index >= 15 is 0 Å². The van der Waals surface area contributed by atoms with Crippen LogP contribution in [0.4, 0.5) is 4.39 Å². The van der Waals surface area contributed by atoms with Gasteiger partial charge in [0.05, 0.1) is 15.9 Å². The maximum atomic E-state index is 13.2. The second-order valence-electron chi connectivity index (χ2n) is 4.41. The van der Waals surface area contributed by atoms with Gasteiger partial charge in [0.1, 0.15) is 5.82 Å². The Morgan fingerprint density at radius 2 is 1.85 bits per heavy atom. The molecule has 0 saturated heterocycles. The topological polar surface area (TPSA) is 48.6 Å². The fourth-order valence-corrected chi connectivity index (χ4v) is 4.00. The van der Waals surface area contributed by atoms with Crippen molar-refractivity contribution in [3.05, 3.63) is 67.4 Å². The molecule has 102 valence electrons. The summed E-state index contributed by atoms with van der Waals surface area (Å²) in [5.41, 5.74) is 3.29. The zero-order chi connectivity index (χ0) is 14.3. The van der Waals surface area contributed by atoms with Gasteiger partial charge in [-0.15, -0.1) is 0 Å². The second kappa shape index (κ2) is 5.33. The Morgan fingerprint density at radius 1 is 1.10 bits per heavy atom. The smallest absolute Gasteiger partial charge is 0.306 e. The van der Waals surface area contributed by atoms with E-state index in [4.69, 9.17) is 0 Å². The monoisotopic (exact) mass is 446 g/mol. The lowest BCUT2D eigenvalue weighted by Crippen LogP contribution is -1.99. The van der Waals surface area contributed by atoms with Gasteiger partial charge >= 0.3 is 5.69 Å². The lowest BCUT2D eigenvalue weighted by molar-refractivity contribution is 0.626. The summed E-state index contributed by atoms with van der Waals surface area (Å²) in [6.45, 7) is 0. The summed E-state index contributed by atoms with van der Waals surface area (Å²) in [5.74, 6) is -0.247. The van der Waals surface area contributed by atoms with Crippen LogP contribution in [0.5, 0.6) is 0 Å². The highest BCUT2D eigenvalue weighted by Crippen LogP contribution is 2.34. The van der Waals surface area contributed by atoms with Gasteiger partial charge in [-0.25, -0.2) is 9.18 Å². The van der Waals surface area contributed by atoms with E-state index < -0.39 is 0 Å². The zero-order valence-electron chi connectivity index (χ0n) is 10.1. The molecule has 3 aromatic rings. The minimum Gasteiger partial charge on any atom is -0.306 e. The van der Waals surface area contributed by atoms with Gasteiger partial charge in [-0.1, -0.05) is 28.1 Å². The minimum absolute atomic E-state index is 0.0576. The predicted molar refractivity (Wildman–Crippen MR) is 88.8 cm³/mol. The molecule has 2 N–H and O–H groups in total. The third kappa shape index (κ3) is 2.54. The molecule has 3 rings (SSSR count). The summed E-state index contributed by atoms with van der Waals surface area (Å²) in [4.78, 5) is 16.6. The van der Waals surface area contributed by atoms with Crippen molar-refractivity contribution in [3.63, 3.8) is 0 Å². The van der Waals surface area contributed by atoms with E-state index in [9.17, 15) is 9.18 Å². The van der Waals surface area contributed by atoms with Crippen LogP contribution in [0, 0.1) is 9.39 Å². The number of fused-ring (bicyclic) bond motifs is 1. The largest absolute Gasteiger partial charge is 0.323 e. The summed E-state index contributed by atoms with van der Waals surface area (Å²) in [6.07, 6.45) is 0. The van der Waals surface area contributed by atoms with E-state index in [0.29, 0.717) is 0 Å². The molecule has 2 aromatic carbocycles. The highest BCUT2D eigenvalue weighted by Gasteiger charge is 2.15. The Labute approximate surface area is 135 Å². The molecule has 20 heavy (non-hydrogen) atoms. The molecule has 1 aromatic heterocycles. The number of H-pyrrole nitrogens is 2. The van der Waals surface area contributed by atoms with Crippen molar-refractivity contribution in [1.29, 1.82) is 0 Å². The normalized spacial score (nSPS) is 12.8. The average molecular weight is 447 g/mol. The highest BCUT2D eigenvalue weighted by molar-refractivity contribution is 14.1. The van der Waals surface area contributed by atoms with Crippen molar-refractivity contribution in [2.75, 3.05) is 0 Å². The van der Waals surface area contributed by atoms with Gasteiger partial charge in [0, 0.05) is 3.57 Å². The number of imidazole rings is 1. The Kier molecular flexibility index (Phi) is 3.68. The molecule has 3 nitrogen and oxygen atoms in total. The van der Waals surface area contributed by atoms with Gasteiger partial charge in [-0.3, -0.25) is 0 Å². The van der Waals surface area contributed by atoms with Crippen LogP contribution in [0.15, 0.2) is 41.2 Å². The molecule has 0 radical (unpaired) electrons. The Bertz CT molecular complexity index is 843. The molecular formula is C14H9BrFIN2O. The number of hydrogen-bond acceptors (Lipinski definition) is 1. The van der Waals surface area contributed by atoms with E-state index in [2.05, 4.69) is 48.5 Å². The lowest BCUT2D eigenvalue weighted by Gasteiger charge is -2.13. The average Bonchev–Trinajstić information content (AvgIpc) is 2.77. The first-order valence-electron chi connectivity index (χ1n) is 5.85. The number of aromatic nitrogens is 2. The zero-order valence-corrected chi connectivity index (χ0v) is 13.8. The standard InChI is InChI=1S/C14H9BrFIN2O/c15-13(9-3-2-8(16)6-10(9)17)7-1-4-11-12(5-7)19-14(20)18-11/h1-6,13H,(H2,18,19,20). The van der Waals surface area contributed by atoms with Gasteiger partial charge in [-0.2, -0.15) is 0 Å². The van der Waals surface area contributed by atoms with Gasteiger partial charge in [0.15, 0.2) is 0 Å². The first-order valence-corrected chi connectivity index (χ1v) is 7.85. The van der Waals surface area contributed by atoms with Crippen molar-refractivity contribution >= 4 is 49.6 Å². The van der Waals surface area contributed by atoms with Gasteiger partial charge in [-0.05, 0) is 58.0 Å². The van der Waals surface area contributed by atoms with Crippen LogP contribution in [0.3, 0.4) is 0 Å². The van der Waals surface area contributed by atoms with E-state index in [1.54, 1.807) is 6.07 Å². The molecule has 6 heteroatoms. The molecule has 1 unspecified atom stereocenters. The Morgan fingerprint density at radius 3 is 2.60 bits per heavy atom. The van der Waals surface area contributed by atoms with Crippen molar-refractivity contribution in [2.45, 2.75) is 4.83 Å². The maximum absolute atomic E-state index is 13.2. The van der Waals surface area contributed by atoms with Gasteiger partial charge in [0.2, 0.25) is 0 Å². The molecule has 0 bridgehead atoms. The van der Waals surface area contributed by atoms with Crippen LogP contribution < -0.4 is 5.69 Å². The van der Waals surface area contributed by atoms with Crippen LogP contribution >= 0.6 is 38.5 Å². The molecule has 0 aliphatic rings. The summed E-state index contributed by atoms with van der Waals surface area (Å²) in [7, 11) is 0. The van der Waals surface area contributed by atoms with Crippen LogP contribution in [0.25, 0.3) is 11.0 Å². The van der Waals surface area contributed by atoms with Crippen LogP contribution in [0.1, 0.15) is 16.0 Å². The fourth-order valence-electron chi connectivity index (χ4n) is 2.09. The summed E-state index contributed by atoms with van der Waals surface area (Å²) in [5, 5.41) is 0. The second-order valence-corrected chi connectivity index (χ2v) is 6.49. The molecule has 0 amide bonds. The van der Waals surface area contributed by atoms with Gasteiger partial charge in [0.25, 0.3) is 0 Å². The predicted octanol–water partition coefficient (Wildman–Crippen LogP) is 4.08. The molecule has 1 heterocycles. The summed E-state index contributed by atoms with van der Waals surface area (Å²) >= 11 is 5.75. The van der Waals surface area contributed by atoms with E-state index in [-0.39, 0.29) is 16.3 Å². The SMILES string of the molecule is O=c1[nH]c2ccc(C(Br)c3ccc(F)cc3I)cc2[nH]1. The van der Waals surface area contributed by atoms with Crippen molar-refractivity contribution < 1.29 is 4.39 Å². The Hall–Kier alpha value is -1.15. The molecule has 0 saturated carbocycles. The van der Waals surface area contributed by atoms with Crippen LogP contribution in [-0.4, -0.2) is 9.97 Å². The van der Waals surface area contributed by atoms with Crippen LogP contribution in [-0.2, 0) is 0 Å². The first kappa shape index (κ1) is 13.8. The molecule has 0 spiro atoms. The summed E-state index contributed by atoms with van der Waals surface area (Å²) in [6, 6.07) is 10.4. The maximum Gasteiger partial charge on any atom is 0.323 e. The quantitative estimate of drug-likeness (QED) is 0.452. The lowest BCUT2D eigenvalue weighted by atomic mass is 10.0. The highest BCUT2D eigenvalue weighted by atomic mass is 127. The molecule has 0 aliphatic carbocycles. The van der Waals surface area contributed by atoms with Crippen molar-refractivity contribution in [1.82, 2.24) is 9.97 Å². The van der Waals surface area contributed by atoms with E-state index in [0.717, 1.165) is 25.7 Å². The van der Waals surface area contributed by atoms with Crippen molar-refractivity contribution in [3.8, 4) is 0 Å². The number of halogens is 3. The third-order valence-corrected chi connectivity index (χ3v) is 5.02. The minimum atomic E-state index is -0.247. The number of alkyl halides is 1. The van der Waals surface area contributed by atoms with E-state index in [1.165, 1.54) is 12.1 Å². The number of aromatic amines is 2. The van der Waals surface area contributed by atoms with Crippen molar-refractivity contribution in [2.24, 2.45) is 0 Å². The van der Waals surface area contributed by atoms with E-state index in [1.807, 2.05) is 18.2 Å². The molecule has 1 atom stereocenters.